The molecule has 0 amide bonds. The van der Waals surface area contributed by atoms with Crippen LogP contribution in [0.15, 0.2) is 0 Å². The summed E-state index contributed by atoms with van der Waals surface area (Å²) in [4.78, 5) is 0. The SMILES string of the molecule is COC(C)CC(C#N)CN. The van der Waals surface area contributed by atoms with Crippen LogP contribution < -0.4 is 5.73 Å². The molecule has 0 aliphatic carbocycles. The third-order valence-electron chi connectivity index (χ3n) is 1.49. The topological polar surface area (TPSA) is 59.0 Å². The van der Waals surface area contributed by atoms with E-state index in [1.807, 2.05) is 6.92 Å². The molecule has 0 rings (SSSR count). The van der Waals surface area contributed by atoms with Gasteiger partial charge in [0.2, 0.25) is 0 Å². The van der Waals surface area contributed by atoms with E-state index in [9.17, 15) is 0 Å². The van der Waals surface area contributed by atoms with Gasteiger partial charge < -0.3 is 10.5 Å². The van der Waals surface area contributed by atoms with Crippen molar-refractivity contribution in [1.29, 1.82) is 5.26 Å². The molecule has 3 heteroatoms. The molecule has 10 heavy (non-hydrogen) atoms. The molecule has 0 aliphatic heterocycles. The fourth-order valence-corrected chi connectivity index (χ4v) is 0.699. The van der Waals surface area contributed by atoms with Crippen LogP contribution in [0.5, 0.6) is 0 Å². The second-order valence-electron chi connectivity index (χ2n) is 2.34. The number of hydrogen-bond donors (Lipinski definition) is 1. The molecular formula is C7H14N2O. The Balaban J connectivity index is 3.54. The van der Waals surface area contributed by atoms with E-state index in [2.05, 4.69) is 6.07 Å². The predicted molar refractivity (Wildman–Crippen MR) is 39.2 cm³/mol. The van der Waals surface area contributed by atoms with Gasteiger partial charge >= 0.3 is 0 Å². The summed E-state index contributed by atoms with van der Waals surface area (Å²) in [7, 11) is 1.63. The zero-order valence-corrected chi connectivity index (χ0v) is 6.50. The van der Waals surface area contributed by atoms with E-state index < -0.39 is 0 Å². The molecule has 0 radical (unpaired) electrons. The molecule has 3 nitrogen and oxygen atoms in total. The third kappa shape index (κ3) is 3.44. The molecule has 0 aromatic rings. The van der Waals surface area contributed by atoms with Gasteiger partial charge in [-0.2, -0.15) is 5.26 Å². The molecule has 0 aliphatic rings. The largest absolute Gasteiger partial charge is 0.382 e. The van der Waals surface area contributed by atoms with Crippen LogP contribution in [0.2, 0.25) is 0 Å². The van der Waals surface area contributed by atoms with Crippen LogP contribution in [-0.4, -0.2) is 19.8 Å². The zero-order valence-electron chi connectivity index (χ0n) is 6.50. The van der Waals surface area contributed by atoms with Crippen LogP contribution in [0.25, 0.3) is 0 Å². The molecule has 0 saturated heterocycles. The summed E-state index contributed by atoms with van der Waals surface area (Å²) >= 11 is 0. The summed E-state index contributed by atoms with van der Waals surface area (Å²) in [6, 6.07) is 2.11. The van der Waals surface area contributed by atoms with Crippen molar-refractivity contribution in [2.24, 2.45) is 11.7 Å². The second kappa shape index (κ2) is 5.21. The van der Waals surface area contributed by atoms with Gasteiger partial charge in [-0.25, -0.2) is 0 Å². The third-order valence-corrected chi connectivity index (χ3v) is 1.49. The molecule has 0 aromatic carbocycles. The molecule has 2 unspecified atom stereocenters. The van der Waals surface area contributed by atoms with Crippen LogP contribution in [-0.2, 0) is 4.74 Å². The van der Waals surface area contributed by atoms with Crippen molar-refractivity contribution < 1.29 is 4.74 Å². The van der Waals surface area contributed by atoms with Crippen molar-refractivity contribution in [2.75, 3.05) is 13.7 Å². The van der Waals surface area contributed by atoms with Crippen molar-refractivity contribution in [1.82, 2.24) is 0 Å². The number of nitriles is 1. The van der Waals surface area contributed by atoms with E-state index in [1.165, 1.54) is 0 Å². The highest BCUT2D eigenvalue weighted by Gasteiger charge is 2.09. The quantitative estimate of drug-likeness (QED) is 0.622. The summed E-state index contributed by atoms with van der Waals surface area (Å²) in [5.41, 5.74) is 5.31. The van der Waals surface area contributed by atoms with Crippen LogP contribution in [0.4, 0.5) is 0 Å². The normalized spacial score (nSPS) is 15.8. The van der Waals surface area contributed by atoms with Crippen LogP contribution in [0.1, 0.15) is 13.3 Å². The number of nitrogens with two attached hydrogens (primary N) is 1. The maximum absolute atomic E-state index is 8.48. The van der Waals surface area contributed by atoms with Crippen molar-refractivity contribution in [3.05, 3.63) is 0 Å². The van der Waals surface area contributed by atoms with Gasteiger partial charge in [0.15, 0.2) is 0 Å². The van der Waals surface area contributed by atoms with Gasteiger partial charge in [-0.15, -0.1) is 0 Å². The zero-order chi connectivity index (χ0) is 7.98. The highest BCUT2D eigenvalue weighted by molar-refractivity contribution is 4.84. The smallest absolute Gasteiger partial charge is 0.0670 e. The molecular weight excluding hydrogens is 128 g/mol. The maximum atomic E-state index is 8.48. The lowest BCUT2D eigenvalue weighted by Gasteiger charge is -2.11. The minimum absolute atomic E-state index is 0.0602. The van der Waals surface area contributed by atoms with Gasteiger partial charge in [0.05, 0.1) is 18.1 Å². The Hall–Kier alpha value is -0.590. The monoisotopic (exact) mass is 142 g/mol. The minimum atomic E-state index is -0.0602. The maximum Gasteiger partial charge on any atom is 0.0670 e. The lowest BCUT2D eigenvalue weighted by molar-refractivity contribution is 0.102. The van der Waals surface area contributed by atoms with E-state index in [0.29, 0.717) is 6.54 Å². The summed E-state index contributed by atoms with van der Waals surface area (Å²) in [6.07, 6.45) is 0.858. The van der Waals surface area contributed by atoms with Crippen LogP contribution in [0, 0.1) is 17.2 Å². The van der Waals surface area contributed by atoms with Gasteiger partial charge in [-0.05, 0) is 13.3 Å². The molecule has 2 N–H and O–H groups in total. The van der Waals surface area contributed by atoms with Crippen LogP contribution >= 0.6 is 0 Å². The number of rotatable bonds is 4. The Morgan fingerprint density at radius 1 is 1.70 bits per heavy atom. The van der Waals surface area contributed by atoms with Crippen molar-refractivity contribution in [2.45, 2.75) is 19.4 Å². The fraction of sp³-hybridized carbons (Fsp3) is 0.857. The Labute approximate surface area is 61.8 Å². The Bertz CT molecular complexity index is 119. The number of nitrogens with zero attached hydrogens (tertiary/aromatic N) is 1. The molecule has 0 saturated carbocycles. The van der Waals surface area contributed by atoms with E-state index in [4.69, 9.17) is 15.7 Å². The van der Waals surface area contributed by atoms with Crippen molar-refractivity contribution in [3.8, 4) is 6.07 Å². The average Bonchev–Trinajstić information content (AvgIpc) is 1.99. The summed E-state index contributed by atoms with van der Waals surface area (Å²) < 4.78 is 4.98. The first-order valence-electron chi connectivity index (χ1n) is 3.37. The van der Waals surface area contributed by atoms with Crippen molar-refractivity contribution in [3.63, 3.8) is 0 Å². The van der Waals surface area contributed by atoms with Gasteiger partial charge in [-0.3, -0.25) is 0 Å². The Morgan fingerprint density at radius 3 is 2.60 bits per heavy atom. The molecule has 0 spiro atoms. The Morgan fingerprint density at radius 2 is 2.30 bits per heavy atom. The highest BCUT2D eigenvalue weighted by atomic mass is 16.5. The van der Waals surface area contributed by atoms with E-state index >= 15 is 0 Å². The molecule has 0 aromatic heterocycles. The van der Waals surface area contributed by atoms with E-state index in [1.54, 1.807) is 7.11 Å². The highest BCUT2D eigenvalue weighted by Crippen LogP contribution is 2.05. The van der Waals surface area contributed by atoms with E-state index in [-0.39, 0.29) is 12.0 Å². The fourth-order valence-electron chi connectivity index (χ4n) is 0.699. The van der Waals surface area contributed by atoms with Gasteiger partial charge in [0, 0.05) is 13.7 Å². The summed E-state index contributed by atoms with van der Waals surface area (Å²) in [6.45, 7) is 2.35. The number of methoxy groups -OCH3 is 1. The number of ether oxygens (including phenoxy) is 1. The second-order valence-corrected chi connectivity index (χ2v) is 2.34. The summed E-state index contributed by atoms with van der Waals surface area (Å²) in [5.74, 6) is -0.0602. The first kappa shape index (κ1) is 9.41. The summed E-state index contributed by atoms with van der Waals surface area (Å²) in [5, 5.41) is 8.48. The van der Waals surface area contributed by atoms with Gasteiger partial charge in [0.1, 0.15) is 0 Å². The molecule has 0 heterocycles. The molecule has 0 fully saturated rings. The van der Waals surface area contributed by atoms with Crippen molar-refractivity contribution >= 4 is 0 Å². The van der Waals surface area contributed by atoms with E-state index in [0.717, 1.165) is 6.42 Å². The van der Waals surface area contributed by atoms with Gasteiger partial charge in [0.25, 0.3) is 0 Å². The first-order chi connectivity index (χ1) is 4.74. The van der Waals surface area contributed by atoms with Crippen LogP contribution in [0.3, 0.4) is 0 Å². The Kier molecular flexibility index (Phi) is 4.91. The first-order valence-corrected chi connectivity index (χ1v) is 3.37. The lowest BCUT2D eigenvalue weighted by Crippen LogP contribution is -2.18. The molecule has 2 atom stereocenters. The molecule has 58 valence electrons. The standard InChI is InChI=1S/C7H14N2O/c1-6(10-2)3-7(4-8)5-9/h6-7H,3-4,8H2,1-2H3. The number of hydrogen-bond acceptors (Lipinski definition) is 3. The molecule has 0 bridgehead atoms. The average molecular weight is 142 g/mol. The predicted octanol–water partition coefficient (Wildman–Crippen LogP) is 0.510. The van der Waals surface area contributed by atoms with Gasteiger partial charge in [-0.1, -0.05) is 0 Å². The lowest BCUT2D eigenvalue weighted by atomic mass is 10.0. The minimum Gasteiger partial charge on any atom is -0.382 e.